The van der Waals surface area contributed by atoms with Crippen molar-refractivity contribution in [1.29, 1.82) is 0 Å². The van der Waals surface area contributed by atoms with Gasteiger partial charge in [0.2, 0.25) is 0 Å². The summed E-state index contributed by atoms with van der Waals surface area (Å²) in [6.07, 6.45) is 2.61. The molecule has 1 aliphatic carbocycles. The molecular formula is C30H39N3O3. The Kier molecular flexibility index (Phi) is 7.20. The zero-order chi connectivity index (χ0) is 25.4. The number of para-hydroxylation sites is 1. The number of aliphatic hydroxyl groups is 1. The van der Waals surface area contributed by atoms with Crippen LogP contribution in [0.4, 0.5) is 0 Å². The van der Waals surface area contributed by atoms with Gasteiger partial charge in [0.1, 0.15) is 5.69 Å². The Morgan fingerprint density at radius 3 is 2.58 bits per heavy atom. The number of hydrogen-bond donors (Lipinski definition) is 1. The summed E-state index contributed by atoms with van der Waals surface area (Å²) in [5.41, 5.74) is 4.76. The molecule has 1 saturated carbocycles. The van der Waals surface area contributed by atoms with Gasteiger partial charge in [-0.2, -0.15) is 0 Å². The quantitative estimate of drug-likeness (QED) is 0.552. The van der Waals surface area contributed by atoms with Crippen molar-refractivity contribution >= 4 is 16.8 Å². The standard InChI is InChI=1S/C30H39N3O3/c1-20-15-33(21(2)18-34)30(35)29-28(25-11-7-8-12-26(25)32(29)4)24-10-6-5-9-23(24)19-36-27(20)17-31(3)16-22-13-14-22/h5-12,20-22,27,34H,13-19H2,1-4H3/t20-,21-,27+/m1/s1. The maximum atomic E-state index is 14.3. The Balaban J connectivity index is 1.63. The molecule has 2 aliphatic rings. The summed E-state index contributed by atoms with van der Waals surface area (Å²) < 4.78 is 8.69. The van der Waals surface area contributed by atoms with Crippen LogP contribution in [0.5, 0.6) is 0 Å². The van der Waals surface area contributed by atoms with E-state index in [1.807, 2.05) is 47.7 Å². The summed E-state index contributed by atoms with van der Waals surface area (Å²) in [5, 5.41) is 11.2. The average molecular weight is 490 g/mol. The molecule has 2 aromatic carbocycles. The molecular weight excluding hydrogens is 450 g/mol. The maximum Gasteiger partial charge on any atom is 0.271 e. The van der Waals surface area contributed by atoms with Crippen molar-refractivity contribution in [3.05, 3.63) is 59.8 Å². The van der Waals surface area contributed by atoms with E-state index in [4.69, 9.17) is 4.74 Å². The highest BCUT2D eigenvalue weighted by molar-refractivity contribution is 6.10. The third kappa shape index (κ3) is 4.82. The first-order valence-electron chi connectivity index (χ1n) is 13.3. The number of carbonyl (C=O) groups excluding carboxylic acids is 1. The molecule has 192 valence electrons. The zero-order valence-corrected chi connectivity index (χ0v) is 22.0. The third-order valence-electron chi connectivity index (χ3n) is 7.98. The van der Waals surface area contributed by atoms with E-state index in [2.05, 4.69) is 43.1 Å². The molecule has 2 heterocycles. The highest BCUT2D eigenvalue weighted by Gasteiger charge is 2.34. The number of benzene rings is 2. The van der Waals surface area contributed by atoms with Gasteiger partial charge in [-0.3, -0.25) is 4.79 Å². The number of aliphatic hydroxyl groups excluding tert-OH is 1. The molecule has 3 atom stereocenters. The van der Waals surface area contributed by atoms with Gasteiger partial charge in [-0.1, -0.05) is 49.4 Å². The fraction of sp³-hybridized carbons (Fsp3) is 0.500. The molecule has 1 aliphatic heterocycles. The minimum absolute atomic E-state index is 0.0269. The zero-order valence-electron chi connectivity index (χ0n) is 22.0. The Labute approximate surface area is 214 Å². The molecule has 6 heteroatoms. The fourth-order valence-electron chi connectivity index (χ4n) is 5.65. The third-order valence-corrected chi connectivity index (χ3v) is 7.98. The van der Waals surface area contributed by atoms with E-state index in [1.165, 1.54) is 12.8 Å². The normalized spacial score (nSPS) is 21.8. The van der Waals surface area contributed by atoms with E-state index in [1.54, 1.807) is 0 Å². The summed E-state index contributed by atoms with van der Waals surface area (Å²) in [5.74, 6) is 0.871. The molecule has 3 aromatic rings. The second-order valence-corrected chi connectivity index (χ2v) is 10.9. The van der Waals surface area contributed by atoms with Crippen LogP contribution in [0, 0.1) is 11.8 Å². The Morgan fingerprint density at radius 2 is 1.83 bits per heavy atom. The molecule has 0 radical (unpaired) electrons. The van der Waals surface area contributed by atoms with Crippen LogP contribution >= 0.6 is 0 Å². The largest absolute Gasteiger partial charge is 0.394 e. The van der Waals surface area contributed by atoms with Crippen LogP contribution in [-0.2, 0) is 18.4 Å². The lowest BCUT2D eigenvalue weighted by Crippen LogP contribution is -2.47. The summed E-state index contributed by atoms with van der Waals surface area (Å²) in [7, 11) is 4.15. The monoisotopic (exact) mass is 489 g/mol. The van der Waals surface area contributed by atoms with Crippen LogP contribution in [-0.4, -0.2) is 70.8 Å². The summed E-state index contributed by atoms with van der Waals surface area (Å²) in [6.45, 7) is 6.96. The number of aromatic nitrogens is 1. The van der Waals surface area contributed by atoms with Crippen molar-refractivity contribution in [3.8, 4) is 11.1 Å². The van der Waals surface area contributed by atoms with Crippen LogP contribution in [0.1, 0.15) is 42.7 Å². The molecule has 1 N–H and O–H groups in total. The molecule has 1 aromatic heterocycles. The Bertz CT molecular complexity index is 1230. The first-order chi connectivity index (χ1) is 17.4. The number of fused-ring (bicyclic) bond motifs is 5. The van der Waals surface area contributed by atoms with Gasteiger partial charge in [0.25, 0.3) is 5.91 Å². The molecule has 6 nitrogen and oxygen atoms in total. The van der Waals surface area contributed by atoms with Gasteiger partial charge in [-0.25, -0.2) is 0 Å². The fourth-order valence-corrected chi connectivity index (χ4v) is 5.65. The van der Waals surface area contributed by atoms with E-state index in [-0.39, 0.29) is 30.6 Å². The Morgan fingerprint density at radius 1 is 1.11 bits per heavy atom. The van der Waals surface area contributed by atoms with E-state index in [0.29, 0.717) is 18.8 Å². The molecule has 1 amide bonds. The molecule has 36 heavy (non-hydrogen) atoms. The highest BCUT2D eigenvalue weighted by Crippen LogP contribution is 2.38. The molecule has 5 rings (SSSR count). The number of rotatable bonds is 6. The van der Waals surface area contributed by atoms with Gasteiger partial charge < -0.3 is 24.2 Å². The van der Waals surface area contributed by atoms with Crippen molar-refractivity contribution in [2.45, 2.75) is 45.4 Å². The molecule has 0 unspecified atom stereocenters. The molecule has 0 spiro atoms. The minimum Gasteiger partial charge on any atom is -0.394 e. The number of hydrogen-bond acceptors (Lipinski definition) is 4. The second-order valence-electron chi connectivity index (χ2n) is 10.9. The van der Waals surface area contributed by atoms with Gasteiger partial charge in [-0.05, 0) is 49.9 Å². The van der Waals surface area contributed by atoms with Crippen molar-refractivity contribution in [3.63, 3.8) is 0 Å². The second kappa shape index (κ2) is 10.4. The smallest absolute Gasteiger partial charge is 0.271 e. The van der Waals surface area contributed by atoms with Gasteiger partial charge >= 0.3 is 0 Å². The molecule has 0 bridgehead atoms. The first kappa shape index (κ1) is 25.0. The van der Waals surface area contributed by atoms with Crippen molar-refractivity contribution in [2.75, 3.05) is 33.3 Å². The number of aryl methyl sites for hydroxylation is 1. The van der Waals surface area contributed by atoms with Crippen LogP contribution in [0.15, 0.2) is 48.5 Å². The molecule has 1 fully saturated rings. The van der Waals surface area contributed by atoms with Crippen LogP contribution < -0.4 is 0 Å². The maximum absolute atomic E-state index is 14.3. The van der Waals surface area contributed by atoms with E-state index in [0.717, 1.165) is 46.6 Å². The van der Waals surface area contributed by atoms with Crippen LogP contribution in [0.3, 0.4) is 0 Å². The SMILES string of the molecule is C[C@@H]1CN([C@H](C)CO)C(=O)c2c(c3ccccc3n2C)-c2ccccc2CO[C@H]1CN(C)CC1CC1. The van der Waals surface area contributed by atoms with Crippen molar-refractivity contribution in [2.24, 2.45) is 18.9 Å². The number of ether oxygens (including phenoxy) is 1. The van der Waals surface area contributed by atoms with Crippen molar-refractivity contribution < 1.29 is 14.6 Å². The van der Waals surface area contributed by atoms with Crippen molar-refractivity contribution in [1.82, 2.24) is 14.4 Å². The topological polar surface area (TPSA) is 57.9 Å². The van der Waals surface area contributed by atoms with Crippen LogP contribution in [0.2, 0.25) is 0 Å². The minimum atomic E-state index is -0.299. The van der Waals surface area contributed by atoms with Gasteiger partial charge in [0, 0.05) is 49.1 Å². The molecule has 0 saturated heterocycles. The Hall–Kier alpha value is -2.67. The number of amides is 1. The highest BCUT2D eigenvalue weighted by atomic mass is 16.5. The predicted octanol–water partition coefficient (Wildman–Crippen LogP) is 4.55. The van der Waals surface area contributed by atoms with E-state index < -0.39 is 0 Å². The van der Waals surface area contributed by atoms with Gasteiger partial charge in [0.05, 0.1) is 25.4 Å². The summed E-state index contributed by atoms with van der Waals surface area (Å²) >= 11 is 0. The summed E-state index contributed by atoms with van der Waals surface area (Å²) in [4.78, 5) is 18.6. The lowest BCUT2D eigenvalue weighted by atomic mass is 9.96. The number of carbonyl (C=O) groups is 1. The average Bonchev–Trinajstić information content (AvgIpc) is 3.65. The predicted molar refractivity (Wildman–Crippen MR) is 144 cm³/mol. The summed E-state index contributed by atoms with van der Waals surface area (Å²) in [6, 6.07) is 16.2. The number of likely N-dealkylation sites (N-methyl/N-ethyl adjacent to an activating group) is 1. The lowest BCUT2D eigenvalue weighted by Gasteiger charge is -2.35. The van der Waals surface area contributed by atoms with E-state index in [9.17, 15) is 9.90 Å². The first-order valence-corrected chi connectivity index (χ1v) is 13.3. The van der Waals surface area contributed by atoms with E-state index >= 15 is 0 Å². The van der Waals surface area contributed by atoms with Gasteiger partial charge in [-0.15, -0.1) is 0 Å². The lowest BCUT2D eigenvalue weighted by molar-refractivity contribution is -0.0236. The number of nitrogens with zero attached hydrogens (tertiary/aromatic N) is 3. The van der Waals surface area contributed by atoms with Gasteiger partial charge in [0.15, 0.2) is 0 Å². The van der Waals surface area contributed by atoms with Crippen LogP contribution in [0.25, 0.3) is 22.0 Å².